The third-order valence-electron chi connectivity index (χ3n) is 4.78. The molecule has 0 saturated carbocycles. The van der Waals surface area contributed by atoms with Gasteiger partial charge in [-0.3, -0.25) is 19.7 Å². The topological polar surface area (TPSA) is 95.7 Å². The van der Waals surface area contributed by atoms with Crippen LogP contribution < -0.4 is 11.1 Å². The SMILES string of the molecule is CN(CCCN)Cc1ccc2c(c1)CN(C1CCC(=O)NC1=O)C2=O. The molecule has 2 aliphatic heterocycles. The fraction of sp³-hybridized carbons (Fsp3) is 0.500. The van der Waals surface area contributed by atoms with Gasteiger partial charge in [-0.15, -0.1) is 0 Å². The molecule has 3 N–H and O–H groups in total. The number of hydrogen-bond donors (Lipinski definition) is 2. The van der Waals surface area contributed by atoms with E-state index in [0.717, 1.165) is 30.6 Å². The van der Waals surface area contributed by atoms with Crippen molar-refractivity contribution in [3.05, 3.63) is 34.9 Å². The van der Waals surface area contributed by atoms with E-state index >= 15 is 0 Å². The first-order valence-electron chi connectivity index (χ1n) is 8.64. The number of amides is 3. The molecule has 134 valence electrons. The van der Waals surface area contributed by atoms with Crippen LogP contribution in [0.5, 0.6) is 0 Å². The van der Waals surface area contributed by atoms with E-state index in [1.165, 1.54) is 0 Å². The highest BCUT2D eigenvalue weighted by Crippen LogP contribution is 2.28. The highest BCUT2D eigenvalue weighted by molar-refractivity contribution is 6.05. The van der Waals surface area contributed by atoms with Crippen LogP contribution in [0.1, 0.15) is 40.7 Å². The quantitative estimate of drug-likeness (QED) is 0.720. The molecule has 0 aromatic heterocycles. The third-order valence-corrected chi connectivity index (χ3v) is 4.78. The normalized spacial score (nSPS) is 20.2. The summed E-state index contributed by atoms with van der Waals surface area (Å²) in [5, 5.41) is 2.32. The van der Waals surface area contributed by atoms with Crippen molar-refractivity contribution in [2.45, 2.75) is 38.4 Å². The molecule has 1 fully saturated rings. The maximum Gasteiger partial charge on any atom is 0.255 e. The predicted molar refractivity (Wildman–Crippen MR) is 92.5 cm³/mol. The van der Waals surface area contributed by atoms with Crippen molar-refractivity contribution in [3.8, 4) is 0 Å². The Morgan fingerprint density at radius 2 is 2.12 bits per heavy atom. The van der Waals surface area contributed by atoms with Crippen LogP contribution in [0.15, 0.2) is 18.2 Å². The number of nitrogens with one attached hydrogen (secondary N) is 1. The van der Waals surface area contributed by atoms with Crippen molar-refractivity contribution < 1.29 is 14.4 Å². The van der Waals surface area contributed by atoms with Gasteiger partial charge in [0.25, 0.3) is 5.91 Å². The average Bonchev–Trinajstić information content (AvgIpc) is 2.89. The Bertz CT molecular complexity index is 704. The summed E-state index contributed by atoms with van der Waals surface area (Å²) in [6.07, 6.45) is 1.61. The second-order valence-electron chi connectivity index (χ2n) is 6.77. The third kappa shape index (κ3) is 3.72. The van der Waals surface area contributed by atoms with E-state index in [0.29, 0.717) is 25.1 Å². The van der Waals surface area contributed by atoms with Gasteiger partial charge >= 0.3 is 0 Å². The van der Waals surface area contributed by atoms with Crippen LogP contribution in [0.4, 0.5) is 0 Å². The molecule has 0 radical (unpaired) electrons. The molecule has 1 unspecified atom stereocenters. The van der Waals surface area contributed by atoms with Crippen molar-refractivity contribution >= 4 is 17.7 Å². The Labute approximate surface area is 147 Å². The lowest BCUT2D eigenvalue weighted by Gasteiger charge is -2.29. The van der Waals surface area contributed by atoms with E-state index in [-0.39, 0.29) is 24.1 Å². The molecule has 1 atom stereocenters. The summed E-state index contributed by atoms with van der Waals surface area (Å²) in [6, 6.07) is 5.28. The lowest BCUT2D eigenvalue weighted by atomic mass is 10.0. The Morgan fingerprint density at radius 1 is 1.32 bits per heavy atom. The first kappa shape index (κ1) is 17.6. The molecule has 0 spiro atoms. The molecule has 1 aromatic carbocycles. The van der Waals surface area contributed by atoms with E-state index < -0.39 is 6.04 Å². The van der Waals surface area contributed by atoms with Crippen LogP contribution in [0.25, 0.3) is 0 Å². The van der Waals surface area contributed by atoms with Crippen LogP contribution in [-0.2, 0) is 22.7 Å². The van der Waals surface area contributed by atoms with Gasteiger partial charge in [-0.05, 0) is 50.2 Å². The zero-order chi connectivity index (χ0) is 18.0. The van der Waals surface area contributed by atoms with Gasteiger partial charge in [0.15, 0.2) is 0 Å². The monoisotopic (exact) mass is 344 g/mol. The van der Waals surface area contributed by atoms with Crippen LogP contribution in [0.3, 0.4) is 0 Å². The molecule has 1 saturated heterocycles. The van der Waals surface area contributed by atoms with E-state index in [1.54, 1.807) is 4.90 Å². The summed E-state index contributed by atoms with van der Waals surface area (Å²) in [6.45, 7) is 2.81. The Balaban J connectivity index is 1.71. The molecule has 25 heavy (non-hydrogen) atoms. The Hall–Kier alpha value is -2.25. The van der Waals surface area contributed by atoms with E-state index in [4.69, 9.17) is 5.73 Å². The van der Waals surface area contributed by atoms with E-state index in [9.17, 15) is 14.4 Å². The van der Waals surface area contributed by atoms with Crippen LogP contribution >= 0.6 is 0 Å². The van der Waals surface area contributed by atoms with Crippen molar-refractivity contribution in [1.82, 2.24) is 15.1 Å². The van der Waals surface area contributed by atoms with Crippen molar-refractivity contribution in [2.75, 3.05) is 20.1 Å². The summed E-state index contributed by atoms with van der Waals surface area (Å²) in [7, 11) is 2.05. The van der Waals surface area contributed by atoms with Gasteiger partial charge in [-0.2, -0.15) is 0 Å². The zero-order valence-electron chi connectivity index (χ0n) is 14.5. The first-order valence-corrected chi connectivity index (χ1v) is 8.64. The number of nitrogens with two attached hydrogens (primary N) is 1. The molecule has 0 aliphatic carbocycles. The second kappa shape index (κ2) is 7.33. The lowest BCUT2D eigenvalue weighted by molar-refractivity contribution is -0.136. The van der Waals surface area contributed by atoms with Gasteiger partial charge in [-0.25, -0.2) is 0 Å². The Kier molecular flexibility index (Phi) is 5.15. The zero-order valence-corrected chi connectivity index (χ0v) is 14.5. The molecule has 1 aromatic rings. The molecule has 7 heteroatoms. The van der Waals surface area contributed by atoms with Gasteiger partial charge in [0.2, 0.25) is 11.8 Å². The highest BCUT2D eigenvalue weighted by atomic mass is 16.2. The number of carbonyl (C=O) groups excluding carboxylic acids is 3. The maximum absolute atomic E-state index is 12.6. The molecule has 7 nitrogen and oxygen atoms in total. The number of imide groups is 1. The summed E-state index contributed by atoms with van der Waals surface area (Å²) < 4.78 is 0. The lowest BCUT2D eigenvalue weighted by Crippen LogP contribution is -2.52. The van der Waals surface area contributed by atoms with Gasteiger partial charge < -0.3 is 15.5 Å². The van der Waals surface area contributed by atoms with Crippen molar-refractivity contribution in [2.24, 2.45) is 5.73 Å². The number of fused-ring (bicyclic) bond motifs is 1. The van der Waals surface area contributed by atoms with E-state index in [1.807, 2.05) is 25.2 Å². The van der Waals surface area contributed by atoms with Gasteiger partial charge in [-0.1, -0.05) is 12.1 Å². The Morgan fingerprint density at radius 3 is 2.84 bits per heavy atom. The second-order valence-corrected chi connectivity index (χ2v) is 6.77. The number of piperidine rings is 1. The fourth-order valence-corrected chi connectivity index (χ4v) is 3.48. The van der Waals surface area contributed by atoms with Crippen LogP contribution in [-0.4, -0.2) is 53.7 Å². The van der Waals surface area contributed by atoms with Crippen LogP contribution in [0.2, 0.25) is 0 Å². The molecule has 0 bridgehead atoms. The minimum atomic E-state index is -0.562. The maximum atomic E-state index is 12.6. The highest BCUT2D eigenvalue weighted by Gasteiger charge is 2.38. The smallest absolute Gasteiger partial charge is 0.255 e. The molecule has 3 rings (SSSR count). The van der Waals surface area contributed by atoms with E-state index in [2.05, 4.69) is 10.2 Å². The number of carbonyl (C=O) groups is 3. The summed E-state index contributed by atoms with van der Waals surface area (Å²) >= 11 is 0. The van der Waals surface area contributed by atoms with Crippen LogP contribution in [0, 0.1) is 0 Å². The average molecular weight is 344 g/mol. The predicted octanol–water partition coefficient (Wildman–Crippen LogP) is 0.228. The minimum absolute atomic E-state index is 0.132. The number of rotatable bonds is 6. The number of benzene rings is 1. The van der Waals surface area contributed by atoms with Gasteiger partial charge in [0.1, 0.15) is 6.04 Å². The fourth-order valence-electron chi connectivity index (χ4n) is 3.48. The minimum Gasteiger partial charge on any atom is -0.330 e. The molecular weight excluding hydrogens is 320 g/mol. The molecular formula is C18H24N4O3. The van der Waals surface area contributed by atoms with Gasteiger partial charge in [0.05, 0.1) is 0 Å². The van der Waals surface area contributed by atoms with Gasteiger partial charge in [0, 0.05) is 25.1 Å². The number of nitrogens with zero attached hydrogens (tertiary/aromatic N) is 2. The summed E-state index contributed by atoms with van der Waals surface area (Å²) in [5.74, 6) is -0.778. The largest absolute Gasteiger partial charge is 0.330 e. The number of hydrogen-bond acceptors (Lipinski definition) is 5. The summed E-state index contributed by atoms with van der Waals surface area (Å²) in [4.78, 5) is 39.8. The first-order chi connectivity index (χ1) is 12.0. The summed E-state index contributed by atoms with van der Waals surface area (Å²) in [5.41, 5.74) is 8.27. The van der Waals surface area contributed by atoms with Crippen molar-refractivity contribution in [1.29, 1.82) is 0 Å². The standard InChI is InChI=1S/C18H24N4O3/c1-21(8-2-7-19)10-12-3-4-14-13(9-12)11-22(18(14)25)15-5-6-16(23)20-17(15)24/h3-4,9,15H,2,5-8,10-11,19H2,1H3,(H,20,23,24). The molecule has 2 aliphatic rings. The molecule has 2 heterocycles. The molecule has 3 amide bonds. The van der Waals surface area contributed by atoms with Crippen molar-refractivity contribution in [3.63, 3.8) is 0 Å².